The van der Waals surface area contributed by atoms with E-state index >= 15 is 0 Å². The van der Waals surface area contributed by atoms with Gasteiger partial charge in [-0.1, -0.05) is 6.58 Å². The summed E-state index contributed by atoms with van der Waals surface area (Å²) < 4.78 is 41.4. The first-order chi connectivity index (χ1) is 6.48. The Morgan fingerprint density at radius 1 is 1.43 bits per heavy atom. The van der Waals surface area contributed by atoms with Crippen molar-refractivity contribution in [2.75, 3.05) is 0 Å². The van der Waals surface area contributed by atoms with Crippen molar-refractivity contribution in [3.8, 4) is 5.75 Å². The standard InChI is InChI=1S/C8H6FNO3S/c1-5-7-4-6(9)2-3-8(7)13-14(11,12)10-5/h2-4,10H,1H2. The minimum absolute atomic E-state index is 0.0788. The predicted molar refractivity (Wildman–Crippen MR) is 48.1 cm³/mol. The zero-order chi connectivity index (χ0) is 10.3. The van der Waals surface area contributed by atoms with Crippen molar-refractivity contribution in [3.63, 3.8) is 0 Å². The molecule has 0 unspecified atom stereocenters. The summed E-state index contributed by atoms with van der Waals surface area (Å²) in [6.45, 7) is 3.46. The quantitative estimate of drug-likeness (QED) is 0.703. The van der Waals surface area contributed by atoms with Crippen LogP contribution in [0.2, 0.25) is 0 Å². The van der Waals surface area contributed by atoms with Gasteiger partial charge in [0.1, 0.15) is 5.82 Å². The summed E-state index contributed by atoms with van der Waals surface area (Å²) in [5, 5.41) is 0. The van der Waals surface area contributed by atoms with Gasteiger partial charge < -0.3 is 4.18 Å². The highest BCUT2D eigenvalue weighted by Gasteiger charge is 2.24. The molecule has 0 saturated carbocycles. The Hall–Kier alpha value is -1.56. The average molecular weight is 215 g/mol. The molecule has 2 rings (SSSR count). The van der Waals surface area contributed by atoms with Crippen LogP contribution in [0.5, 0.6) is 5.75 Å². The Morgan fingerprint density at radius 3 is 2.86 bits per heavy atom. The average Bonchev–Trinajstić information content (AvgIpc) is 2.05. The molecule has 1 heterocycles. The summed E-state index contributed by atoms with van der Waals surface area (Å²) in [4.78, 5) is 0. The van der Waals surface area contributed by atoms with Crippen molar-refractivity contribution in [2.45, 2.75) is 0 Å². The van der Waals surface area contributed by atoms with Crippen LogP contribution in [-0.4, -0.2) is 8.42 Å². The van der Waals surface area contributed by atoms with Crippen molar-refractivity contribution < 1.29 is 17.0 Å². The van der Waals surface area contributed by atoms with Gasteiger partial charge in [0, 0.05) is 5.56 Å². The van der Waals surface area contributed by atoms with Crippen molar-refractivity contribution >= 4 is 16.0 Å². The van der Waals surface area contributed by atoms with Crippen LogP contribution in [0.4, 0.5) is 4.39 Å². The topological polar surface area (TPSA) is 55.4 Å². The van der Waals surface area contributed by atoms with Crippen molar-refractivity contribution in [3.05, 3.63) is 36.2 Å². The fraction of sp³-hybridized carbons (Fsp3) is 0. The third-order valence-electron chi connectivity index (χ3n) is 1.71. The minimum Gasteiger partial charge on any atom is -0.366 e. The maximum Gasteiger partial charge on any atom is 0.407 e. The Kier molecular flexibility index (Phi) is 1.75. The Morgan fingerprint density at radius 2 is 2.14 bits per heavy atom. The maximum absolute atomic E-state index is 12.8. The first kappa shape index (κ1) is 9.01. The molecular formula is C8H6FNO3S. The van der Waals surface area contributed by atoms with E-state index in [1.165, 1.54) is 6.07 Å². The second kappa shape index (κ2) is 2.71. The summed E-state index contributed by atoms with van der Waals surface area (Å²) in [5.74, 6) is -0.398. The van der Waals surface area contributed by atoms with Crippen LogP contribution in [-0.2, 0) is 10.3 Å². The molecule has 0 spiro atoms. The third-order valence-corrected chi connectivity index (χ3v) is 2.61. The van der Waals surface area contributed by atoms with E-state index in [4.69, 9.17) is 0 Å². The van der Waals surface area contributed by atoms with Crippen LogP contribution in [0.1, 0.15) is 5.56 Å². The van der Waals surface area contributed by atoms with E-state index in [9.17, 15) is 12.8 Å². The van der Waals surface area contributed by atoms with E-state index in [1.807, 2.05) is 4.72 Å². The zero-order valence-corrected chi connectivity index (χ0v) is 7.77. The Labute approximate surface area is 80.3 Å². The number of hydrogen-bond donors (Lipinski definition) is 1. The molecule has 1 N–H and O–H groups in total. The number of nitrogens with one attached hydrogen (secondary N) is 1. The van der Waals surface area contributed by atoms with E-state index < -0.39 is 16.1 Å². The van der Waals surface area contributed by atoms with Gasteiger partial charge in [-0.05, 0) is 18.2 Å². The SMILES string of the molecule is C=C1NS(=O)(=O)Oc2ccc(F)cc21. The molecule has 0 fully saturated rings. The van der Waals surface area contributed by atoms with E-state index in [0.29, 0.717) is 5.56 Å². The molecule has 1 aromatic carbocycles. The Bertz CT molecular complexity index is 509. The summed E-state index contributed by atoms with van der Waals surface area (Å²) in [6.07, 6.45) is 0. The van der Waals surface area contributed by atoms with Crippen LogP contribution in [0.25, 0.3) is 5.70 Å². The number of halogens is 1. The number of hydrogen-bond acceptors (Lipinski definition) is 3. The monoisotopic (exact) mass is 215 g/mol. The van der Waals surface area contributed by atoms with E-state index in [2.05, 4.69) is 10.8 Å². The molecule has 1 aliphatic rings. The van der Waals surface area contributed by atoms with Gasteiger partial charge in [-0.15, -0.1) is 0 Å². The second-order valence-corrected chi connectivity index (χ2v) is 4.04. The molecule has 0 atom stereocenters. The first-order valence-corrected chi connectivity index (χ1v) is 5.10. The van der Waals surface area contributed by atoms with Crippen LogP contribution >= 0.6 is 0 Å². The van der Waals surface area contributed by atoms with Crippen molar-refractivity contribution in [1.82, 2.24) is 4.72 Å². The highest BCUT2D eigenvalue weighted by Crippen LogP contribution is 2.29. The lowest BCUT2D eigenvalue weighted by Crippen LogP contribution is -2.31. The largest absolute Gasteiger partial charge is 0.407 e. The fourth-order valence-corrected chi connectivity index (χ4v) is 1.99. The third kappa shape index (κ3) is 1.44. The van der Waals surface area contributed by atoms with Gasteiger partial charge in [-0.25, -0.2) is 4.39 Å². The van der Waals surface area contributed by atoms with Crippen LogP contribution in [0.15, 0.2) is 24.8 Å². The normalized spacial score (nSPS) is 17.9. The summed E-state index contributed by atoms with van der Waals surface area (Å²) >= 11 is 0. The van der Waals surface area contributed by atoms with Crippen LogP contribution in [0, 0.1) is 5.82 Å². The van der Waals surface area contributed by atoms with E-state index in [1.54, 1.807) is 0 Å². The molecule has 0 aliphatic carbocycles. The molecule has 74 valence electrons. The van der Waals surface area contributed by atoms with Crippen molar-refractivity contribution in [1.29, 1.82) is 0 Å². The lowest BCUT2D eigenvalue weighted by Gasteiger charge is -2.19. The summed E-state index contributed by atoms with van der Waals surface area (Å²) in [5.41, 5.74) is 0.408. The summed E-state index contributed by atoms with van der Waals surface area (Å²) in [7, 11) is -3.83. The van der Waals surface area contributed by atoms with Crippen molar-refractivity contribution in [2.24, 2.45) is 0 Å². The number of fused-ring (bicyclic) bond motifs is 1. The molecule has 1 aliphatic heterocycles. The van der Waals surface area contributed by atoms with Gasteiger partial charge >= 0.3 is 10.3 Å². The highest BCUT2D eigenvalue weighted by molar-refractivity contribution is 7.85. The maximum atomic E-state index is 12.8. The second-order valence-electron chi connectivity index (χ2n) is 2.76. The molecule has 0 radical (unpaired) electrons. The van der Waals surface area contributed by atoms with Gasteiger partial charge in [0.25, 0.3) is 0 Å². The number of benzene rings is 1. The Balaban J connectivity index is 2.62. The molecule has 0 saturated heterocycles. The predicted octanol–water partition coefficient (Wildman–Crippen LogP) is 1.02. The molecule has 0 bridgehead atoms. The molecule has 0 amide bonds. The molecule has 4 nitrogen and oxygen atoms in total. The minimum atomic E-state index is -3.83. The molecular weight excluding hydrogens is 209 g/mol. The smallest absolute Gasteiger partial charge is 0.366 e. The van der Waals surface area contributed by atoms with Gasteiger partial charge in [-0.2, -0.15) is 8.42 Å². The van der Waals surface area contributed by atoms with Crippen LogP contribution < -0.4 is 8.91 Å². The molecule has 6 heteroatoms. The van der Waals surface area contributed by atoms with Gasteiger partial charge in [0.15, 0.2) is 5.75 Å². The zero-order valence-electron chi connectivity index (χ0n) is 6.95. The highest BCUT2D eigenvalue weighted by atomic mass is 32.2. The fourth-order valence-electron chi connectivity index (χ4n) is 1.16. The lowest BCUT2D eigenvalue weighted by atomic mass is 10.1. The van der Waals surface area contributed by atoms with E-state index in [-0.39, 0.29) is 11.4 Å². The van der Waals surface area contributed by atoms with E-state index in [0.717, 1.165) is 12.1 Å². The molecule has 0 aromatic heterocycles. The van der Waals surface area contributed by atoms with Gasteiger partial charge in [-0.3, -0.25) is 4.72 Å². The van der Waals surface area contributed by atoms with Gasteiger partial charge in [0.05, 0.1) is 5.70 Å². The lowest BCUT2D eigenvalue weighted by molar-refractivity contribution is 0.472. The molecule has 14 heavy (non-hydrogen) atoms. The first-order valence-electron chi connectivity index (χ1n) is 3.69. The van der Waals surface area contributed by atoms with Crippen LogP contribution in [0.3, 0.4) is 0 Å². The number of rotatable bonds is 0. The molecule has 1 aromatic rings. The van der Waals surface area contributed by atoms with Gasteiger partial charge in [0.2, 0.25) is 0 Å². The summed E-state index contributed by atoms with van der Waals surface area (Å²) in [6, 6.07) is 3.51.